The van der Waals surface area contributed by atoms with Gasteiger partial charge in [0.05, 0.1) is 13.2 Å². The van der Waals surface area contributed by atoms with E-state index in [1.54, 1.807) is 0 Å². The van der Waals surface area contributed by atoms with E-state index < -0.39 is 10.8 Å². The van der Waals surface area contributed by atoms with E-state index in [-0.39, 0.29) is 11.7 Å². The molecule has 1 saturated heterocycles. The maximum atomic E-state index is 10.8. The Morgan fingerprint density at radius 1 is 1.33 bits per heavy atom. The van der Waals surface area contributed by atoms with Crippen LogP contribution >= 0.6 is 15.9 Å². The predicted molar refractivity (Wildman–Crippen MR) is 56.9 cm³/mol. The highest BCUT2D eigenvalue weighted by Gasteiger charge is 2.42. The minimum Gasteiger partial charge on any atom is -0.480 e. The minimum atomic E-state index is -0.774. The Balaban J connectivity index is 1.89. The summed E-state index contributed by atoms with van der Waals surface area (Å²) >= 11 is 3.22. The highest BCUT2D eigenvalue weighted by atomic mass is 79.9. The van der Waals surface area contributed by atoms with Crippen molar-refractivity contribution in [3.8, 4) is 0 Å². The number of rotatable bonds is 2. The van der Waals surface area contributed by atoms with E-state index in [0.29, 0.717) is 13.2 Å². The Labute approximate surface area is 97.1 Å². The molecule has 1 saturated carbocycles. The third-order valence-electron chi connectivity index (χ3n) is 3.26. The molecule has 1 aliphatic carbocycles. The van der Waals surface area contributed by atoms with Gasteiger partial charge in [-0.05, 0) is 18.8 Å². The molecule has 1 heterocycles. The fourth-order valence-electron chi connectivity index (χ4n) is 2.36. The molecule has 0 radical (unpaired) electrons. The maximum absolute atomic E-state index is 10.8. The molecule has 1 spiro atoms. The Kier molecular flexibility index (Phi) is 3.33. The van der Waals surface area contributed by atoms with Gasteiger partial charge < -0.3 is 14.6 Å². The van der Waals surface area contributed by atoms with Crippen molar-refractivity contribution in [3.63, 3.8) is 0 Å². The molecule has 2 aliphatic rings. The van der Waals surface area contributed by atoms with E-state index in [9.17, 15) is 4.79 Å². The molecule has 0 amide bonds. The standard InChI is InChI=1S/C10H15BrO4/c11-8(9(12)13)7-1-3-10(4-2-7)14-5-6-15-10/h7-8H,1-6H2,(H,12,13). The molecule has 4 nitrogen and oxygen atoms in total. The number of carbonyl (C=O) groups is 1. The number of hydrogen-bond acceptors (Lipinski definition) is 3. The summed E-state index contributed by atoms with van der Waals surface area (Å²) in [5, 5.41) is 8.88. The van der Waals surface area contributed by atoms with Crippen molar-refractivity contribution in [1.29, 1.82) is 0 Å². The molecule has 1 atom stereocenters. The first-order chi connectivity index (χ1) is 7.13. The normalized spacial score (nSPS) is 28.1. The van der Waals surface area contributed by atoms with E-state index in [1.165, 1.54) is 0 Å². The Morgan fingerprint density at radius 3 is 2.33 bits per heavy atom. The van der Waals surface area contributed by atoms with Crippen molar-refractivity contribution in [2.45, 2.75) is 36.3 Å². The van der Waals surface area contributed by atoms with Crippen LogP contribution in [0.1, 0.15) is 25.7 Å². The van der Waals surface area contributed by atoms with Crippen LogP contribution < -0.4 is 0 Å². The van der Waals surface area contributed by atoms with E-state index in [4.69, 9.17) is 14.6 Å². The second-order valence-electron chi connectivity index (χ2n) is 4.19. The molecule has 86 valence electrons. The lowest BCUT2D eigenvalue weighted by molar-refractivity contribution is -0.183. The van der Waals surface area contributed by atoms with Gasteiger partial charge in [-0.3, -0.25) is 4.79 Å². The van der Waals surface area contributed by atoms with Gasteiger partial charge in [-0.15, -0.1) is 0 Å². The van der Waals surface area contributed by atoms with E-state index in [2.05, 4.69) is 15.9 Å². The van der Waals surface area contributed by atoms with Crippen LogP contribution in [0.2, 0.25) is 0 Å². The number of carboxylic acids is 1. The number of aliphatic carboxylic acids is 1. The summed E-state index contributed by atoms with van der Waals surface area (Å²) in [6.07, 6.45) is 3.32. The first-order valence-electron chi connectivity index (χ1n) is 5.28. The van der Waals surface area contributed by atoms with Crippen LogP contribution in [0.25, 0.3) is 0 Å². The van der Waals surface area contributed by atoms with Crippen LogP contribution in [-0.2, 0) is 14.3 Å². The molecule has 1 N–H and O–H groups in total. The van der Waals surface area contributed by atoms with Gasteiger partial charge in [-0.25, -0.2) is 0 Å². The van der Waals surface area contributed by atoms with E-state index >= 15 is 0 Å². The highest BCUT2D eigenvalue weighted by molar-refractivity contribution is 9.10. The molecule has 0 aromatic carbocycles. The molecule has 2 fully saturated rings. The molecule has 0 aromatic rings. The molecular formula is C10H15BrO4. The average molecular weight is 279 g/mol. The maximum Gasteiger partial charge on any atom is 0.317 e. The molecule has 15 heavy (non-hydrogen) atoms. The van der Waals surface area contributed by atoms with Crippen LogP contribution in [-0.4, -0.2) is 34.9 Å². The van der Waals surface area contributed by atoms with Crippen molar-refractivity contribution in [2.75, 3.05) is 13.2 Å². The van der Waals surface area contributed by atoms with Gasteiger partial charge in [0.15, 0.2) is 5.79 Å². The molecule has 5 heteroatoms. The van der Waals surface area contributed by atoms with Crippen molar-refractivity contribution in [2.24, 2.45) is 5.92 Å². The zero-order chi connectivity index (χ0) is 10.9. The summed E-state index contributed by atoms with van der Waals surface area (Å²) in [7, 11) is 0. The van der Waals surface area contributed by atoms with Crippen molar-refractivity contribution >= 4 is 21.9 Å². The number of carboxylic acid groups (broad SMARTS) is 1. The lowest BCUT2D eigenvalue weighted by Gasteiger charge is -2.36. The van der Waals surface area contributed by atoms with Gasteiger partial charge in [0.2, 0.25) is 0 Å². The molecular weight excluding hydrogens is 264 g/mol. The minimum absolute atomic E-state index is 0.195. The van der Waals surface area contributed by atoms with Crippen LogP contribution in [0.15, 0.2) is 0 Å². The average Bonchev–Trinajstić information content (AvgIpc) is 2.67. The third kappa shape index (κ3) is 2.34. The van der Waals surface area contributed by atoms with Gasteiger partial charge in [0.1, 0.15) is 4.83 Å². The van der Waals surface area contributed by atoms with E-state index in [0.717, 1.165) is 25.7 Å². The van der Waals surface area contributed by atoms with Gasteiger partial charge in [-0.2, -0.15) is 0 Å². The van der Waals surface area contributed by atoms with E-state index in [1.807, 2.05) is 0 Å². The Hall–Kier alpha value is -0.130. The second kappa shape index (κ2) is 4.39. The van der Waals surface area contributed by atoms with Gasteiger partial charge >= 0.3 is 5.97 Å². The molecule has 2 rings (SSSR count). The molecule has 1 unspecified atom stereocenters. The van der Waals surface area contributed by atoms with Gasteiger partial charge in [0.25, 0.3) is 0 Å². The highest BCUT2D eigenvalue weighted by Crippen LogP contribution is 2.40. The molecule has 0 aromatic heterocycles. The zero-order valence-electron chi connectivity index (χ0n) is 8.45. The van der Waals surface area contributed by atoms with Crippen LogP contribution in [0, 0.1) is 5.92 Å². The number of hydrogen-bond donors (Lipinski definition) is 1. The second-order valence-corrected chi connectivity index (χ2v) is 5.17. The first kappa shape index (κ1) is 11.4. The largest absolute Gasteiger partial charge is 0.480 e. The van der Waals surface area contributed by atoms with Gasteiger partial charge in [-0.1, -0.05) is 15.9 Å². The summed E-state index contributed by atoms with van der Waals surface area (Å²) in [5.41, 5.74) is 0. The third-order valence-corrected chi connectivity index (χ3v) is 4.39. The SMILES string of the molecule is O=C(O)C(Br)C1CCC2(CC1)OCCO2. The summed E-state index contributed by atoms with van der Waals surface area (Å²) in [5.74, 6) is -0.966. The molecule has 1 aliphatic heterocycles. The van der Waals surface area contributed by atoms with Crippen LogP contribution in [0.4, 0.5) is 0 Å². The predicted octanol–water partition coefficient (Wildman–Crippen LogP) is 1.77. The van der Waals surface area contributed by atoms with Crippen molar-refractivity contribution in [1.82, 2.24) is 0 Å². The summed E-state index contributed by atoms with van der Waals surface area (Å²) in [4.78, 5) is 10.4. The van der Waals surface area contributed by atoms with Crippen molar-refractivity contribution in [3.05, 3.63) is 0 Å². The number of halogens is 1. The van der Waals surface area contributed by atoms with Gasteiger partial charge in [0, 0.05) is 12.8 Å². The fraction of sp³-hybridized carbons (Fsp3) is 0.900. The molecule has 0 bridgehead atoms. The van der Waals surface area contributed by atoms with Crippen molar-refractivity contribution < 1.29 is 19.4 Å². The Morgan fingerprint density at radius 2 is 1.87 bits per heavy atom. The summed E-state index contributed by atoms with van der Waals surface area (Å²) in [6, 6.07) is 0. The number of ether oxygens (including phenoxy) is 2. The fourth-order valence-corrected chi connectivity index (χ4v) is 2.89. The smallest absolute Gasteiger partial charge is 0.317 e. The topological polar surface area (TPSA) is 55.8 Å². The van der Waals surface area contributed by atoms with Crippen LogP contribution in [0.3, 0.4) is 0 Å². The zero-order valence-corrected chi connectivity index (χ0v) is 10.0. The van der Waals surface area contributed by atoms with Crippen LogP contribution in [0.5, 0.6) is 0 Å². The quantitative estimate of drug-likeness (QED) is 0.783. The Bertz CT molecular complexity index is 240. The lowest BCUT2D eigenvalue weighted by Crippen LogP contribution is -2.38. The lowest BCUT2D eigenvalue weighted by atomic mass is 9.83. The summed E-state index contributed by atoms with van der Waals surface area (Å²) in [6.45, 7) is 1.34. The summed E-state index contributed by atoms with van der Waals surface area (Å²) < 4.78 is 11.2. The first-order valence-corrected chi connectivity index (χ1v) is 6.19. The monoisotopic (exact) mass is 278 g/mol. The number of alkyl halides is 1.